The van der Waals surface area contributed by atoms with Crippen molar-refractivity contribution in [2.45, 2.75) is 25.1 Å². The minimum absolute atomic E-state index is 0.350. The summed E-state index contributed by atoms with van der Waals surface area (Å²) in [5.41, 5.74) is 6.18. The van der Waals surface area contributed by atoms with E-state index in [2.05, 4.69) is 0 Å². The molecular formula is C14H21NO3S. The molecule has 1 atom stereocenters. The number of rotatable bonds is 7. The number of ether oxygens (including phenoxy) is 2. The quantitative estimate of drug-likeness (QED) is 0.777. The van der Waals surface area contributed by atoms with E-state index in [1.165, 1.54) is 5.56 Å². The molecule has 19 heavy (non-hydrogen) atoms. The number of nitrogens with two attached hydrogens (primary N) is 1. The summed E-state index contributed by atoms with van der Waals surface area (Å²) >= 11 is 1.61. The lowest BCUT2D eigenvalue weighted by Crippen LogP contribution is -2.48. The van der Waals surface area contributed by atoms with Crippen LogP contribution >= 0.6 is 11.8 Å². The normalized spacial score (nSPS) is 13.7. The SMILES string of the molecule is CCOC(=O)[C@](C)(N)CSCc1ccc(OC)cc1. The number of benzene rings is 1. The topological polar surface area (TPSA) is 61.5 Å². The van der Waals surface area contributed by atoms with Crippen LogP contribution in [-0.2, 0) is 15.3 Å². The Hall–Kier alpha value is -1.20. The number of carbonyl (C=O) groups is 1. The van der Waals surface area contributed by atoms with Crippen molar-refractivity contribution in [2.24, 2.45) is 5.73 Å². The van der Waals surface area contributed by atoms with Crippen molar-refractivity contribution >= 4 is 17.7 Å². The van der Waals surface area contributed by atoms with Crippen LogP contribution in [-0.4, -0.2) is 31.0 Å². The lowest BCUT2D eigenvalue weighted by molar-refractivity contribution is -0.148. The Kier molecular flexibility index (Phi) is 6.18. The molecule has 2 N–H and O–H groups in total. The van der Waals surface area contributed by atoms with Crippen molar-refractivity contribution < 1.29 is 14.3 Å². The lowest BCUT2D eigenvalue weighted by atomic mass is 10.1. The average Bonchev–Trinajstić information content (AvgIpc) is 2.39. The summed E-state index contributed by atoms with van der Waals surface area (Å²) in [5.74, 6) is 1.81. The zero-order valence-electron chi connectivity index (χ0n) is 11.6. The summed E-state index contributed by atoms with van der Waals surface area (Å²) in [6.07, 6.45) is 0. The second kappa shape index (κ2) is 7.40. The summed E-state index contributed by atoms with van der Waals surface area (Å²) in [5, 5.41) is 0. The Morgan fingerprint density at radius 3 is 2.53 bits per heavy atom. The van der Waals surface area contributed by atoms with Crippen LogP contribution in [0.1, 0.15) is 19.4 Å². The first-order valence-electron chi connectivity index (χ1n) is 6.16. The molecule has 0 amide bonds. The molecule has 0 fully saturated rings. The minimum Gasteiger partial charge on any atom is -0.497 e. The summed E-state index contributed by atoms with van der Waals surface area (Å²) in [7, 11) is 1.64. The molecule has 0 aromatic heterocycles. The van der Waals surface area contributed by atoms with E-state index < -0.39 is 5.54 Å². The minimum atomic E-state index is -0.937. The smallest absolute Gasteiger partial charge is 0.326 e. The van der Waals surface area contributed by atoms with Gasteiger partial charge < -0.3 is 15.2 Å². The molecule has 0 heterocycles. The van der Waals surface area contributed by atoms with Crippen LogP contribution in [0.4, 0.5) is 0 Å². The molecule has 0 unspecified atom stereocenters. The molecule has 0 saturated carbocycles. The van der Waals surface area contributed by atoms with Gasteiger partial charge in [-0.3, -0.25) is 4.79 Å². The summed E-state index contributed by atoms with van der Waals surface area (Å²) in [4.78, 5) is 11.6. The number of hydrogen-bond donors (Lipinski definition) is 1. The van der Waals surface area contributed by atoms with Gasteiger partial charge in [-0.25, -0.2) is 0 Å². The predicted octanol–water partition coefficient (Wildman–Crippen LogP) is 2.21. The van der Waals surface area contributed by atoms with E-state index in [0.717, 1.165) is 11.5 Å². The van der Waals surface area contributed by atoms with Gasteiger partial charge in [0.25, 0.3) is 0 Å². The Morgan fingerprint density at radius 1 is 1.37 bits per heavy atom. The molecule has 0 aliphatic carbocycles. The van der Waals surface area contributed by atoms with Gasteiger partial charge in [-0.2, -0.15) is 11.8 Å². The van der Waals surface area contributed by atoms with Crippen LogP contribution in [0.15, 0.2) is 24.3 Å². The van der Waals surface area contributed by atoms with Crippen molar-refractivity contribution in [3.63, 3.8) is 0 Å². The third kappa shape index (κ3) is 5.12. The van der Waals surface area contributed by atoms with E-state index in [9.17, 15) is 4.79 Å². The first-order chi connectivity index (χ1) is 8.99. The van der Waals surface area contributed by atoms with E-state index in [0.29, 0.717) is 12.4 Å². The second-order valence-corrected chi connectivity index (χ2v) is 5.46. The molecule has 1 aromatic carbocycles. The number of hydrogen-bond acceptors (Lipinski definition) is 5. The summed E-state index contributed by atoms with van der Waals surface area (Å²) in [6, 6.07) is 7.85. The maximum Gasteiger partial charge on any atom is 0.326 e. The van der Waals surface area contributed by atoms with Crippen molar-refractivity contribution in [3.05, 3.63) is 29.8 Å². The number of carbonyl (C=O) groups excluding carboxylic acids is 1. The fourth-order valence-corrected chi connectivity index (χ4v) is 2.53. The monoisotopic (exact) mass is 283 g/mol. The zero-order valence-corrected chi connectivity index (χ0v) is 12.5. The molecular weight excluding hydrogens is 262 g/mol. The Morgan fingerprint density at radius 2 is 2.00 bits per heavy atom. The van der Waals surface area contributed by atoms with Crippen LogP contribution < -0.4 is 10.5 Å². The fraction of sp³-hybridized carbons (Fsp3) is 0.500. The van der Waals surface area contributed by atoms with Crippen molar-refractivity contribution in [3.8, 4) is 5.75 Å². The third-order valence-electron chi connectivity index (χ3n) is 2.57. The van der Waals surface area contributed by atoms with Crippen LogP contribution in [0, 0.1) is 0 Å². The Balaban J connectivity index is 2.42. The zero-order chi connectivity index (χ0) is 14.3. The summed E-state index contributed by atoms with van der Waals surface area (Å²) < 4.78 is 10.0. The molecule has 0 bridgehead atoms. The summed E-state index contributed by atoms with van der Waals surface area (Å²) in [6.45, 7) is 3.83. The maximum atomic E-state index is 11.6. The van der Waals surface area contributed by atoms with E-state index in [4.69, 9.17) is 15.2 Å². The highest BCUT2D eigenvalue weighted by Gasteiger charge is 2.29. The third-order valence-corrected chi connectivity index (χ3v) is 3.91. The van der Waals surface area contributed by atoms with E-state index in [1.807, 2.05) is 24.3 Å². The Bertz CT molecular complexity index is 404. The van der Waals surface area contributed by atoms with Gasteiger partial charge in [0.15, 0.2) is 0 Å². The molecule has 0 radical (unpaired) electrons. The van der Waals surface area contributed by atoms with Gasteiger partial charge in [0.2, 0.25) is 0 Å². The van der Waals surface area contributed by atoms with Gasteiger partial charge in [0, 0.05) is 11.5 Å². The highest BCUT2D eigenvalue weighted by atomic mass is 32.2. The highest BCUT2D eigenvalue weighted by molar-refractivity contribution is 7.98. The van der Waals surface area contributed by atoms with Crippen molar-refractivity contribution in [1.82, 2.24) is 0 Å². The number of thioether (sulfide) groups is 1. The van der Waals surface area contributed by atoms with Crippen molar-refractivity contribution in [2.75, 3.05) is 19.5 Å². The van der Waals surface area contributed by atoms with Crippen LogP contribution in [0.5, 0.6) is 5.75 Å². The van der Waals surface area contributed by atoms with E-state index in [1.54, 1.807) is 32.7 Å². The van der Waals surface area contributed by atoms with Crippen molar-refractivity contribution in [1.29, 1.82) is 0 Å². The molecule has 106 valence electrons. The van der Waals surface area contributed by atoms with Gasteiger partial charge in [0.05, 0.1) is 13.7 Å². The van der Waals surface area contributed by atoms with Gasteiger partial charge in [-0.05, 0) is 31.5 Å². The van der Waals surface area contributed by atoms with Gasteiger partial charge in [-0.1, -0.05) is 12.1 Å². The van der Waals surface area contributed by atoms with Crippen LogP contribution in [0.2, 0.25) is 0 Å². The molecule has 1 aromatic rings. The number of methoxy groups -OCH3 is 1. The van der Waals surface area contributed by atoms with Crippen LogP contribution in [0.25, 0.3) is 0 Å². The highest BCUT2D eigenvalue weighted by Crippen LogP contribution is 2.19. The van der Waals surface area contributed by atoms with E-state index in [-0.39, 0.29) is 5.97 Å². The van der Waals surface area contributed by atoms with Gasteiger partial charge in [0.1, 0.15) is 11.3 Å². The van der Waals surface area contributed by atoms with E-state index >= 15 is 0 Å². The van der Waals surface area contributed by atoms with Crippen LogP contribution in [0.3, 0.4) is 0 Å². The first kappa shape index (κ1) is 15.9. The average molecular weight is 283 g/mol. The Labute approximate surface area is 118 Å². The lowest BCUT2D eigenvalue weighted by Gasteiger charge is -2.21. The van der Waals surface area contributed by atoms with Gasteiger partial charge >= 0.3 is 5.97 Å². The second-order valence-electron chi connectivity index (χ2n) is 4.48. The molecule has 4 nitrogen and oxygen atoms in total. The molecule has 0 aliphatic rings. The number of esters is 1. The maximum absolute atomic E-state index is 11.6. The molecule has 5 heteroatoms. The van der Waals surface area contributed by atoms with Gasteiger partial charge in [-0.15, -0.1) is 0 Å². The first-order valence-corrected chi connectivity index (χ1v) is 7.32. The molecule has 0 saturated heterocycles. The predicted molar refractivity (Wildman–Crippen MR) is 78.4 cm³/mol. The molecule has 1 rings (SSSR count). The standard InChI is InChI=1S/C14H21NO3S/c1-4-18-13(16)14(2,15)10-19-9-11-5-7-12(17-3)8-6-11/h5-8H,4,9-10,15H2,1-3H3/t14-/m1/s1. The molecule has 0 spiro atoms. The fourth-order valence-electron chi connectivity index (χ4n) is 1.46. The molecule has 0 aliphatic heterocycles. The largest absolute Gasteiger partial charge is 0.497 e.